The fraction of sp³-hybridized carbons (Fsp3) is 0.364. The Labute approximate surface area is 78.7 Å². The molecule has 1 heterocycles. The van der Waals surface area contributed by atoms with Crippen molar-refractivity contribution < 1.29 is 0 Å². The topological polar surface area (TPSA) is 24.4 Å². The molecular weight excluding hydrogens is 160 g/mol. The Hall–Kier alpha value is -1.31. The van der Waals surface area contributed by atoms with Gasteiger partial charge in [-0.3, -0.25) is 0 Å². The van der Waals surface area contributed by atoms with Crippen LogP contribution in [0.2, 0.25) is 0 Å². The molecule has 0 spiro atoms. The van der Waals surface area contributed by atoms with E-state index in [1.54, 1.807) is 0 Å². The van der Waals surface area contributed by atoms with Crippen LogP contribution in [-0.4, -0.2) is 12.3 Å². The van der Waals surface area contributed by atoms with E-state index in [1.165, 1.54) is 11.3 Å². The maximum atomic E-state index is 4.32. The first-order valence-electron chi connectivity index (χ1n) is 4.71. The second kappa shape index (κ2) is 3.60. The van der Waals surface area contributed by atoms with Crippen molar-refractivity contribution in [3.8, 4) is 0 Å². The molecule has 0 aliphatic carbocycles. The van der Waals surface area contributed by atoms with E-state index in [-0.39, 0.29) is 0 Å². The molecule has 2 nitrogen and oxygen atoms in total. The van der Waals surface area contributed by atoms with E-state index >= 15 is 0 Å². The first-order valence-corrected chi connectivity index (χ1v) is 4.71. The van der Waals surface area contributed by atoms with Gasteiger partial charge in [0.05, 0.1) is 5.71 Å². The molecule has 0 amide bonds. The van der Waals surface area contributed by atoms with E-state index in [0.717, 1.165) is 13.0 Å². The smallest absolute Gasteiger partial charge is 0.0678 e. The van der Waals surface area contributed by atoms with Crippen molar-refractivity contribution in [1.29, 1.82) is 0 Å². The molecule has 13 heavy (non-hydrogen) atoms. The molecule has 1 aliphatic rings. The van der Waals surface area contributed by atoms with Crippen LogP contribution >= 0.6 is 0 Å². The largest absolute Gasteiger partial charge is 0.310 e. The molecule has 68 valence electrons. The number of hydrogen-bond acceptors (Lipinski definition) is 2. The minimum Gasteiger partial charge on any atom is -0.310 e. The molecule has 1 aliphatic heterocycles. The highest BCUT2D eigenvalue weighted by molar-refractivity contribution is 6.00. The van der Waals surface area contributed by atoms with Gasteiger partial charge < -0.3 is 5.43 Å². The molecule has 1 unspecified atom stereocenters. The molecule has 1 atom stereocenters. The summed E-state index contributed by atoms with van der Waals surface area (Å²) in [6.07, 6.45) is 1.08. The van der Waals surface area contributed by atoms with Crippen molar-refractivity contribution in [3.63, 3.8) is 0 Å². The second-order valence-electron chi connectivity index (χ2n) is 3.60. The SMILES string of the molecule is CC1CNN=C(c2ccccc2)C1. The van der Waals surface area contributed by atoms with Gasteiger partial charge in [-0.1, -0.05) is 37.3 Å². The van der Waals surface area contributed by atoms with Crippen LogP contribution in [0.4, 0.5) is 0 Å². The van der Waals surface area contributed by atoms with Crippen molar-refractivity contribution in [2.45, 2.75) is 13.3 Å². The Kier molecular flexibility index (Phi) is 2.30. The van der Waals surface area contributed by atoms with Crippen LogP contribution in [0, 0.1) is 5.92 Å². The molecule has 0 fully saturated rings. The average molecular weight is 174 g/mol. The lowest BCUT2D eigenvalue weighted by Gasteiger charge is -2.19. The Morgan fingerprint density at radius 3 is 2.77 bits per heavy atom. The standard InChI is InChI=1S/C11H14N2/c1-9-7-11(13-12-8-9)10-5-3-2-4-6-10/h2-6,9,12H,7-8H2,1H3. The maximum absolute atomic E-state index is 4.32. The molecule has 1 N–H and O–H groups in total. The van der Waals surface area contributed by atoms with Crippen LogP contribution in [-0.2, 0) is 0 Å². The zero-order chi connectivity index (χ0) is 9.10. The molecule has 0 saturated carbocycles. The lowest BCUT2D eigenvalue weighted by molar-refractivity contribution is 0.516. The lowest BCUT2D eigenvalue weighted by Crippen LogP contribution is -2.26. The highest BCUT2D eigenvalue weighted by Gasteiger charge is 2.12. The predicted molar refractivity (Wildman–Crippen MR) is 54.8 cm³/mol. The van der Waals surface area contributed by atoms with Crippen molar-refractivity contribution in [2.75, 3.05) is 6.54 Å². The number of nitrogens with one attached hydrogen (secondary N) is 1. The number of benzene rings is 1. The van der Waals surface area contributed by atoms with E-state index in [4.69, 9.17) is 0 Å². The fourth-order valence-electron chi connectivity index (χ4n) is 1.56. The van der Waals surface area contributed by atoms with Crippen molar-refractivity contribution in [1.82, 2.24) is 5.43 Å². The molecule has 2 rings (SSSR count). The number of hydrazone groups is 1. The van der Waals surface area contributed by atoms with Crippen molar-refractivity contribution in [2.24, 2.45) is 11.0 Å². The Bertz CT molecular complexity index is 303. The molecule has 0 bridgehead atoms. The molecule has 1 aromatic carbocycles. The summed E-state index contributed by atoms with van der Waals surface area (Å²) in [6.45, 7) is 3.24. The minimum absolute atomic E-state index is 0.688. The van der Waals surface area contributed by atoms with Crippen LogP contribution in [0.25, 0.3) is 0 Å². The van der Waals surface area contributed by atoms with Gasteiger partial charge in [0.25, 0.3) is 0 Å². The first-order chi connectivity index (χ1) is 6.36. The minimum atomic E-state index is 0.688. The number of rotatable bonds is 1. The lowest BCUT2D eigenvalue weighted by atomic mass is 9.98. The maximum Gasteiger partial charge on any atom is 0.0678 e. The number of nitrogens with zero attached hydrogens (tertiary/aromatic N) is 1. The third-order valence-electron chi connectivity index (χ3n) is 2.30. The highest BCUT2D eigenvalue weighted by atomic mass is 15.3. The molecule has 1 aromatic rings. The van der Waals surface area contributed by atoms with Crippen molar-refractivity contribution in [3.05, 3.63) is 35.9 Å². The van der Waals surface area contributed by atoms with Crippen LogP contribution < -0.4 is 5.43 Å². The molecule has 0 radical (unpaired) electrons. The summed E-state index contributed by atoms with van der Waals surface area (Å²) < 4.78 is 0. The summed E-state index contributed by atoms with van der Waals surface area (Å²) in [7, 11) is 0. The van der Waals surface area contributed by atoms with Gasteiger partial charge in [-0.05, 0) is 17.9 Å². The highest BCUT2D eigenvalue weighted by Crippen LogP contribution is 2.12. The van der Waals surface area contributed by atoms with E-state index in [9.17, 15) is 0 Å². The summed E-state index contributed by atoms with van der Waals surface area (Å²) in [4.78, 5) is 0. The van der Waals surface area contributed by atoms with Gasteiger partial charge in [-0.15, -0.1) is 0 Å². The van der Waals surface area contributed by atoms with Gasteiger partial charge in [0.15, 0.2) is 0 Å². The quantitative estimate of drug-likeness (QED) is 0.692. The summed E-state index contributed by atoms with van der Waals surface area (Å²) in [5.74, 6) is 0.688. The molecule has 0 aromatic heterocycles. The van der Waals surface area contributed by atoms with Gasteiger partial charge in [-0.2, -0.15) is 5.10 Å². The summed E-state index contributed by atoms with van der Waals surface area (Å²) >= 11 is 0. The van der Waals surface area contributed by atoms with Crippen LogP contribution in [0.5, 0.6) is 0 Å². The average Bonchev–Trinajstić information content (AvgIpc) is 2.19. The Morgan fingerprint density at radius 1 is 1.31 bits per heavy atom. The summed E-state index contributed by atoms with van der Waals surface area (Å²) in [5, 5.41) is 4.32. The first kappa shape index (κ1) is 8.30. The number of hydrogen-bond donors (Lipinski definition) is 1. The normalized spacial score (nSPS) is 21.9. The van der Waals surface area contributed by atoms with Crippen LogP contribution in [0.1, 0.15) is 18.9 Å². The second-order valence-corrected chi connectivity index (χ2v) is 3.60. The molecule has 2 heteroatoms. The zero-order valence-corrected chi connectivity index (χ0v) is 7.83. The van der Waals surface area contributed by atoms with E-state index in [1.807, 2.05) is 6.07 Å². The van der Waals surface area contributed by atoms with Gasteiger partial charge in [-0.25, -0.2) is 0 Å². The van der Waals surface area contributed by atoms with E-state index in [2.05, 4.69) is 41.7 Å². The Morgan fingerprint density at radius 2 is 2.08 bits per heavy atom. The van der Waals surface area contributed by atoms with Gasteiger partial charge >= 0.3 is 0 Å². The van der Waals surface area contributed by atoms with E-state index < -0.39 is 0 Å². The molecule has 0 saturated heterocycles. The van der Waals surface area contributed by atoms with Gasteiger partial charge in [0.2, 0.25) is 0 Å². The third kappa shape index (κ3) is 1.89. The fourth-order valence-corrected chi connectivity index (χ4v) is 1.56. The van der Waals surface area contributed by atoms with Gasteiger partial charge in [0.1, 0.15) is 0 Å². The van der Waals surface area contributed by atoms with Crippen molar-refractivity contribution >= 4 is 5.71 Å². The summed E-state index contributed by atoms with van der Waals surface area (Å²) in [6, 6.07) is 10.4. The zero-order valence-electron chi connectivity index (χ0n) is 7.83. The molecular formula is C11H14N2. The third-order valence-corrected chi connectivity index (χ3v) is 2.30. The van der Waals surface area contributed by atoms with Gasteiger partial charge in [0, 0.05) is 6.54 Å². The predicted octanol–water partition coefficient (Wildman–Crippen LogP) is 2.02. The Balaban J connectivity index is 2.22. The summed E-state index contributed by atoms with van der Waals surface area (Å²) in [5.41, 5.74) is 5.49. The monoisotopic (exact) mass is 174 g/mol. The van der Waals surface area contributed by atoms with Crippen LogP contribution in [0.3, 0.4) is 0 Å². The van der Waals surface area contributed by atoms with Crippen LogP contribution in [0.15, 0.2) is 35.4 Å². The van der Waals surface area contributed by atoms with E-state index in [0.29, 0.717) is 5.92 Å².